The third-order valence-electron chi connectivity index (χ3n) is 3.96. The van der Waals surface area contributed by atoms with Crippen molar-refractivity contribution in [3.8, 4) is 15.8 Å². The summed E-state index contributed by atoms with van der Waals surface area (Å²) in [7, 11) is 1.64. The molecule has 25 heavy (non-hydrogen) atoms. The molecule has 0 saturated heterocycles. The smallest absolute Gasteiger partial charge is 0.345 e. The van der Waals surface area contributed by atoms with Crippen LogP contribution in [0.25, 0.3) is 41.4 Å². The summed E-state index contributed by atoms with van der Waals surface area (Å²) in [5, 5.41) is 2.98. The Morgan fingerprint density at radius 1 is 1.00 bits per heavy atom. The molecule has 0 fully saturated rings. The summed E-state index contributed by atoms with van der Waals surface area (Å²) in [6, 6.07) is 13.2. The van der Waals surface area contributed by atoms with Crippen LogP contribution in [0.2, 0.25) is 0 Å². The molecule has 5 nitrogen and oxygen atoms in total. The SMILES string of the molecule is COc1ccc2nc(-c3nc4oc(=O)c5ccccc5c4s3)sc2c1. The monoisotopic (exact) mass is 366 g/mol. The highest BCUT2D eigenvalue weighted by atomic mass is 32.1. The lowest BCUT2D eigenvalue weighted by Gasteiger charge is -1.96. The summed E-state index contributed by atoms with van der Waals surface area (Å²) in [5.41, 5.74) is 0.890. The first-order chi connectivity index (χ1) is 12.2. The molecule has 0 saturated carbocycles. The highest BCUT2D eigenvalue weighted by Gasteiger charge is 2.16. The van der Waals surface area contributed by atoms with Gasteiger partial charge in [0.1, 0.15) is 10.4 Å². The van der Waals surface area contributed by atoms with Gasteiger partial charge in [0.25, 0.3) is 0 Å². The van der Waals surface area contributed by atoms with E-state index in [1.807, 2.05) is 36.4 Å². The summed E-state index contributed by atoms with van der Waals surface area (Å²) in [6.45, 7) is 0. The summed E-state index contributed by atoms with van der Waals surface area (Å²) < 4.78 is 12.5. The number of aromatic nitrogens is 2. The summed E-state index contributed by atoms with van der Waals surface area (Å²) in [6.07, 6.45) is 0. The molecular formula is C18H10N2O3S2. The molecule has 0 unspecified atom stereocenters. The van der Waals surface area contributed by atoms with Gasteiger partial charge in [0.2, 0.25) is 5.71 Å². The largest absolute Gasteiger partial charge is 0.497 e. The second-order valence-electron chi connectivity index (χ2n) is 5.44. The van der Waals surface area contributed by atoms with Gasteiger partial charge in [-0.2, -0.15) is 4.98 Å². The van der Waals surface area contributed by atoms with E-state index in [1.54, 1.807) is 24.5 Å². The van der Waals surface area contributed by atoms with Crippen LogP contribution < -0.4 is 10.4 Å². The van der Waals surface area contributed by atoms with Crippen molar-refractivity contribution in [2.24, 2.45) is 0 Å². The van der Waals surface area contributed by atoms with E-state index >= 15 is 0 Å². The molecule has 0 amide bonds. The van der Waals surface area contributed by atoms with Gasteiger partial charge in [-0.1, -0.05) is 18.2 Å². The third kappa shape index (κ3) is 2.24. The second kappa shape index (κ2) is 5.37. The molecule has 7 heteroatoms. The molecule has 0 spiro atoms. The predicted octanol–water partition coefficient (Wildman–Crippen LogP) is 4.69. The first-order valence-corrected chi connectivity index (χ1v) is 9.13. The average Bonchev–Trinajstić information content (AvgIpc) is 3.25. The molecule has 122 valence electrons. The highest BCUT2D eigenvalue weighted by molar-refractivity contribution is 7.28. The molecule has 2 aromatic carbocycles. The van der Waals surface area contributed by atoms with E-state index in [0.717, 1.165) is 36.1 Å². The van der Waals surface area contributed by atoms with Crippen LogP contribution in [0, 0.1) is 0 Å². The predicted molar refractivity (Wildman–Crippen MR) is 101 cm³/mol. The van der Waals surface area contributed by atoms with Crippen LogP contribution in [0.1, 0.15) is 0 Å². The molecule has 0 aliphatic heterocycles. The number of ether oxygens (including phenoxy) is 1. The van der Waals surface area contributed by atoms with Crippen molar-refractivity contribution in [2.45, 2.75) is 0 Å². The Bertz CT molecular complexity index is 1320. The lowest BCUT2D eigenvalue weighted by molar-refractivity contribution is 0.415. The zero-order chi connectivity index (χ0) is 17.0. The van der Waals surface area contributed by atoms with Crippen molar-refractivity contribution >= 4 is 54.1 Å². The third-order valence-corrected chi connectivity index (χ3v) is 6.19. The van der Waals surface area contributed by atoms with Gasteiger partial charge >= 0.3 is 5.63 Å². The zero-order valence-corrected chi connectivity index (χ0v) is 14.6. The van der Waals surface area contributed by atoms with Crippen molar-refractivity contribution < 1.29 is 9.15 Å². The van der Waals surface area contributed by atoms with Crippen LogP contribution in [0.3, 0.4) is 0 Å². The Morgan fingerprint density at radius 2 is 1.80 bits per heavy atom. The van der Waals surface area contributed by atoms with Gasteiger partial charge in [-0.05, 0) is 24.3 Å². The van der Waals surface area contributed by atoms with Crippen LogP contribution in [-0.4, -0.2) is 17.1 Å². The van der Waals surface area contributed by atoms with Crippen molar-refractivity contribution in [3.05, 3.63) is 52.9 Å². The molecule has 0 aliphatic carbocycles. The molecular weight excluding hydrogens is 356 g/mol. The van der Waals surface area contributed by atoms with Crippen LogP contribution in [-0.2, 0) is 0 Å². The van der Waals surface area contributed by atoms with Crippen LogP contribution in [0.4, 0.5) is 0 Å². The van der Waals surface area contributed by atoms with E-state index in [-0.39, 0.29) is 5.63 Å². The van der Waals surface area contributed by atoms with Crippen molar-refractivity contribution in [1.29, 1.82) is 0 Å². The standard InChI is InChI=1S/C18H10N2O3S2/c1-22-9-6-7-12-13(8-9)24-16(19-12)17-20-15-14(25-17)10-4-2-3-5-11(10)18(21)23-15/h2-8H,1H3. The lowest BCUT2D eigenvalue weighted by Crippen LogP contribution is -1.98. The van der Waals surface area contributed by atoms with Gasteiger partial charge in [0.15, 0.2) is 10.0 Å². The van der Waals surface area contributed by atoms with Crippen molar-refractivity contribution in [2.75, 3.05) is 7.11 Å². The Hall–Kier alpha value is -2.77. The Morgan fingerprint density at radius 3 is 2.64 bits per heavy atom. The van der Waals surface area contributed by atoms with E-state index in [1.165, 1.54) is 11.3 Å². The Labute approximate surface area is 149 Å². The van der Waals surface area contributed by atoms with Gasteiger partial charge in [0.05, 0.1) is 22.7 Å². The number of hydrogen-bond acceptors (Lipinski definition) is 7. The van der Waals surface area contributed by atoms with Crippen LogP contribution in [0.5, 0.6) is 5.75 Å². The van der Waals surface area contributed by atoms with Gasteiger partial charge in [-0.15, -0.1) is 22.7 Å². The zero-order valence-electron chi connectivity index (χ0n) is 13.0. The number of thiazole rings is 2. The van der Waals surface area contributed by atoms with E-state index in [0.29, 0.717) is 11.1 Å². The molecule has 0 N–H and O–H groups in total. The summed E-state index contributed by atoms with van der Waals surface area (Å²) in [4.78, 5) is 21.3. The normalized spacial score (nSPS) is 11.6. The average molecular weight is 366 g/mol. The molecule has 3 heterocycles. The molecule has 0 atom stereocenters. The summed E-state index contributed by atoms with van der Waals surface area (Å²) >= 11 is 3.03. The Kier molecular flexibility index (Phi) is 3.13. The molecule has 0 radical (unpaired) electrons. The van der Waals surface area contributed by atoms with Gasteiger partial charge in [-0.25, -0.2) is 9.78 Å². The maximum absolute atomic E-state index is 12.1. The van der Waals surface area contributed by atoms with E-state index < -0.39 is 0 Å². The Balaban J connectivity index is 1.75. The fourth-order valence-corrected chi connectivity index (χ4v) is 4.81. The minimum absolute atomic E-state index is 0.362. The topological polar surface area (TPSA) is 65.2 Å². The van der Waals surface area contributed by atoms with Gasteiger partial charge < -0.3 is 9.15 Å². The molecule has 5 aromatic rings. The number of methoxy groups -OCH3 is 1. The van der Waals surface area contributed by atoms with E-state index in [4.69, 9.17) is 9.15 Å². The number of hydrogen-bond donors (Lipinski definition) is 0. The van der Waals surface area contributed by atoms with Crippen molar-refractivity contribution in [3.63, 3.8) is 0 Å². The van der Waals surface area contributed by atoms with Gasteiger partial charge in [0, 0.05) is 5.39 Å². The molecule has 0 aliphatic rings. The molecule has 0 bridgehead atoms. The maximum atomic E-state index is 12.1. The maximum Gasteiger partial charge on any atom is 0.345 e. The number of benzene rings is 2. The first-order valence-electron chi connectivity index (χ1n) is 7.50. The quantitative estimate of drug-likeness (QED) is 0.453. The highest BCUT2D eigenvalue weighted by Crippen LogP contribution is 2.37. The van der Waals surface area contributed by atoms with E-state index in [9.17, 15) is 4.79 Å². The van der Waals surface area contributed by atoms with Crippen LogP contribution in [0.15, 0.2) is 51.7 Å². The van der Waals surface area contributed by atoms with Gasteiger partial charge in [-0.3, -0.25) is 0 Å². The fourth-order valence-electron chi connectivity index (χ4n) is 2.76. The number of rotatable bonds is 2. The molecule has 3 aromatic heterocycles. The van der Waals surface area contributed by atoms with E-state index in [2.05, 4.69) is 9.97 Å². The first kappa shape index (κ1) is 14.6. The minimum Gasteiger partial charge on any atom is -0.497 e. The summed E-state index contributed by atoms with van der Waals surface area (Å²) in [5.74, 6) is 0.795. The minimum atomic E-state index is -0.367. The fraction of sp³-hybridized carbons (Fsp3) is 0.0556. The van der Waals surface area contributed by atoms with Crippen LogP contribution >= 0.6 is 22.7 Å². The second-order valence-corrected chi connectivity index (χ2v) is 7.47. The number of nitrogens with zero attached hydrogens (tertiary/aromatic N) is 2. The molecule has 5 rings (SSSR count). The van der Waals surface area contributed by atoms with Crippen molar-refractivity contribution in [1.82, 2.24) is 9.97 Å². The number of fused-ring (bicyclic) bond motifs is 4. The lowest BCUT2D eigenvalue weighted by atomic mass is 10.2.